The Morgan fingerprint density at radius 3 is 2.48 bits per heavy atom. The normalized spacial score (nSPS) is 19.7. The van der Waals surface area contributed by atoms with E-state index in [0.717, 1.165) is 31.2 Å². The van der Waals surface area contributed by atoms with Gasteiger partial charge in [-0.15, -0.1) is 12.4 Å². The quantitative estimate of drug-likeness (QED) is 0.280. The topological polar surface area (TPSA) is 102 Å². The van der Waals surface area contributed by atoms with E-state index < -0.39 is 0 Å². The number of nitrogens with zero attached hydrogens (tertiary/aromatic N) is 2. The van der Waals surface area contributed by atoms with Crippen LogP contribution in [0.15, 0.2) is 12.1 Å². The first-order chi connectivity index (χ1) is 18.7. The van der Waals surface area contributed by atoms with Crippen molar-refractivity contribution in [1.82, 2.24) is 15.6 Å². The number of piperidine rings is 1. The van der Waals surface area contributed by atoms with Gasteiger partial charge in [-0.2, -0.15) is 4.98 Å². The lowest BCUT2D eigenvalue weighted by molar-refractivity contribution is -0.129. The zero-order chi connectivity index (χ0) is 28.4. The second-order valence-electron chi connectivity index (χ2n) is 11.6. The Morgan fingerprint density at radius 1 is 1.12 bits per heavy atom. The molecule has 40 heavy (non-hydrogen) atoms. The number of carbonyl (C=O) groups is 2. The van der Waals surface area contributed by atoms with E-state index in [9.17, 15) is 9.59 Å². The third-order valence-corrected chi connectivity index (χ3v) is 7.32. The van der Waals surface area contributed by atoms with Gasteiger partial charge in [0.1, 0.15) is 5.82 Å². The van der Waals surface area contributed by atoms with Crippen LogP contribution in [0.5, 0.6) is 5.88 Å². The fourth-order valence-electron chi connectivity index (χ4n) is 5.16. The molecule has 2 heterocycles. The molecule has 228 valence electrons. The fraction of sp³-hybridized carbons (Fsp3) is 0.767. The zero-order valence-corrected chi connectivity index (χ0v) is 26.1. The number of ether oxygens (including phenoxy) is 3. The lowest BCUT2D eigenvalue weighted by Gasteiger charge is -2.33. The number of carbonyl (C=O) groups excluding carboxylic acids is 2. The molecule has 2 amide bonds. The summed E-state index contributed by atoms with van der Waals surface area (Å²) in [4.78, 5) is 33.9. The van der Waals surface area contributed by atoms with Crippen LogP contribution in [0.25, 0.3) is 0 Å². The maximum Gasteiger partial charge on any atom is 0.232 e. The van der Waals surface area contributed by atoms with Crippen molar-refractivity contribution in [3.63, 3.8) is 0 Å². The van der Waals surface area contributed by atoms with Gasteiger partial charge in [-0.1, -0.05) is 27.7 Å². The Labute approximate surface area is 246 Å². The minimum atomic E-state index is -0.289. The van der Waals surface area contributed by atoms with Crippen LogP contribution in [0.1, 0.15) is 78.2 Å². The number of aromatic nitrogens is 1. The van der Waals surface area contributed by atoms with E-state index in [1.807, 2.05) is 24.0 Å². The van der Waals surface area contributed by atoms with E-state index >= 15 is 0 Å². The van der Waals surface area contributed by atoms with Gasteiger partial charge in [0.15, 0.2) is 0 Å². The highest BCUT2D eigenvalue weighted by Gasteiger charge is 2.40. The van der Waals surface area contributed by atoms with Gasteiger partial charge in [0.05, 0.1) is 31.1 Å². The Balaban J connectivity index is 0.00000560. The minimum absolute atomic E-state index is 0. The van der Waals surface area contributed by atoms with Crippen LogP contribution in [0, 0.1) is 17.8 Å². The molecule has 1 saturated carbocycles. The van der Waals surface area contributed by atoms with Crippen molar-refractivity contribution in [1.29, 1.82) is 0 Å². The first kappa shape index (κ1) is 34.3. The first-order valence-electron chi connectivity index (χ1n) is 14.8. The van der Waals surface area contributed by atoms with Crippen molar-refractivity contribution in [2.24, 2.45) is 17.8 Å². The first-order valence-corrected chi connectivity index (χ1v) is 14.8. The van der Waals surface area contributed by atoms with Gasteiger partial charge in [-0.05, 0) is 56.6 Å². The molecule has 10 heteroatoms. The molecule has 0 radical (unpaired) electrons. The van der Waals surface area contributed by atoms with Gasteiger partial charge in [-0.3, -0.25) is 14.5 Å². The number of halogens is 1. The number of amides is 2. The smallest absolute Gasteiger partial charge is 0.232 e. The second kappa shape index (κ2) is 17.1. The molecule has 2 N–H and O–H groups in total. The van der Waals surface area contributed by atoms with Crippen molar-refractivity contribution in [2.75, 3.05) is 51.5 Å². The molecule has 1 aromatic heterocycles. The summed E-state index contributed by atoms with van der Waals surface area (Å²) in [5.41, 5.74) is 1.03. The summed E-state index contributed by atoms with van der Waals surface area (Å²) < 4.78 is 16.8. The molecule has 1 saturated heterocycles. The molecule has 2 fully saturated rings. The zero-order valence-electron chi connectivity index (χ0n) is 25.2. The van der Waals surface area contributed by atoms with Crippen molar-refractivity contribution >= 4 is 30.0 Å². The van der Waals surface area contributed by atoms with Gasteiger partial charge >= 0.3 is 0 Å². The van der Waals surface area contributed by atoms with E-state index in [1.165, 1.54) is 0 Å². The van der Waals surface area contributed by atoms with Crippen LogP contribution < -0.4 is 20.3 Å². The maximum atomic E-state index is 13.9. The molecule has 1 aliphatic heterocycles. The summed E-state index contributed by atoms with van der Waals surface area (Å²) >= 11 is 0. The molecule has 3 atom stereocenters. The standard InChI is InChI=1S/C30H50N4O5.ClH/c1-7-38-19-24(15-20(2)3)32-28(35)22-16-23(18-31-17-22)30(36)34(25-9-10-25)27-12-11-26(21(4)5)29(33-27)39-14-8-13-37-6;/h11-12,20-25,31H,7-10,13-19H2,1-6H3,(H,32,35);1H/t22-,23+,24+;/m0./s1. The van der Waals surface area contributed by atoms with Crippen LogP contribution >= 0.6 is 12.4 Å². The Bertz CT molecular complexity index is 927. The van der Waals surface area contributed by atoms with E-state index in [2.05, 4.69) is 38.3 Å². The molecule has 3 rings (SSSR count). The lowest BCUT2D eigenvalue weighted by atomic mass is 9.88. The molecule has 0 spiro atoms. The molecule has 0 aromatic carbocycles. The van der Waals surface area contributed by atoms with Crippen molar-refractivity contribution in [2.45, 2.75) is 84.7 Å². The van der Waals surface area contributed by atoms with Crippen LogP contribution in [0.2, 0.25) is 0 Å². The highest BCUT2D eigenvalue weighted by Crippen LogP contribution is 2.36. The van der Waals surface area contributed by atoms with E-state index in [4.69, 9.17) is 19.2 Å². The molecule has 9 nitrogen and oxygen atoms in total. The molecule has 2 aliphatic rings. The predicted molar refractivity (Wildman–Crippen MR) is 160 cm³/mol. The Morgan fingerprint density at radius 2 is 1.85 bits per heavy atom. The largest absolute Gasteiger partial charge is 0.477 e. The predicted octanol–water partition coefficient (Wildman–Crippen LogP) is 4.33. The van der Waals surface area contributed by atoms with Gasteiger partial charge in [0, 0.05) is 51.4 Å². The summed E-state index contributed by atoms with van der Waals surface area (Å²) in [5.74, 6) is 1.39. The van der Waals surface area contributed by atoms with E-state index in [1.54, 1.807) is 7.11 Å². The van der Waals surface area contributed by atoms with Crippen molar-refractivity contribution < 1.29 is 23.8 Å². The molecular formula is C30H51ClN4O5. The number of pyridine rings is 1. The highest BCUT2D eigenvalue weighted by molar-refractivity contribution is 5.96. The average Bonchev–Trinajstić information content (AvgIpc) is 3.74. The third-order valence-electron chi connectivity index (χ3n) is 7.32. The van der Waals surface area contributed by atoms with Crippen LogP contribution in [-0.4, -0.2) is 75.5 Å². The SMILES string of the molecule is CCOC[C@@H](CC(C)C)NC(=O)[C@@H]1CNC[C@H](C(=O)N(c2ccc(C(C)C)c(OCCCOC)n2)C2CC2)C1.Cl. The monoisotopic (exact) mass is 582 g/mol. The number of nitrogens with one attached hydrogen (secondary N) is 2. The fourth-order valence-corrected chi connectivity index (χ4v) is 5.16. The van der Waals surface area contributed by atoms with Gasteiger partial charge < -0.3 is 24.8 Å². The van der Waals surface area contributed by atoms with Crippen LogP contribution in [-0.2, 0) is 19.1 Å². The summed E-state index contributed by atoms with van der Waals surface area (Å²) in [6.45, 7) is 13.9. The Kier molecular flexibility index (Phi) is 14.7. The molecule has 1 aromatic rings. The van der Waals surface area contributed by atoms with Crippen LogP contribution in [0.4, 0.5) is 5.82 Å². The van der Waals surface area contributed by atoms with E-state index in [-0.39, 0.29) is 54.1 Å². The van der Waals surface area contributed by atoms with E-state index in [0.29, 0.717) is 63.6 Å². The maximum absolute atomic E-state index is 13.9. The number of hydrogen-bond acceptors (Lipinski definition) is 7. The average molecular weight is 583 g/mol. The van der Waals surface area contributed by atoms with Crippen molar-refractivity contribution in [3.8, 4) is 5.88 Å². The highest BCUT2D eigenvalue weighted by atomic mass is 35.5. The summed E-state index contributed by atoms with van der Waals surface area (Å²) in [7, 11) is 1.68. The van der Waals surface area contributed by atoms with Gasteiger partial charge in [-0.25, -0.2) is 0 Å². The Hall–Kier alpha value is -1.94. The lowest BCUT2D eigenvalue weighted by Crippen LogP contribution is -2.51. The molecule has 0 unspecified atom stereocenters. The summed E-state index contributed by atoms with van der Waals surface area (Å²) in [6, 6.07) is 4.09. The number of anilines is 1. The molecule has 0 bridgehead atoms. The third kappa shape index (κ3) is 10.2. The summed E-state index contributed by atoms with van der Waals surface area (Å²) in [5, 5.41) is 6.54. The summed E-state index contributed by atoms with van der Waals surface area (Å²) in [6.07, 6.45) is 4.07. The second-order valence-corrected chi connectivity index (χ2v) is 11.6. The molecule has 1 aliphatic carbocycles. The van der Waals surface area contributed by atoms with Gasteiger partial charge in [0.2, 0.25) is 17.7 Å². The number of methoxy groups -OCH3 is 1. The minimum Gasteiger partial charge on any atom is -0.477 e. The van der Waals surface area contributed by atoms with Crippen LogP contribution in [0.3, 0.4) is 0 Å². The molecular weight excluding hydrogens is 532 g/mol. The number of hydrogen-bond donors (Lipinski definition) is 2. The number of rotatable bonds is 16. The van der Waals surface area contributed by atoms with Crippen molar-refractivity contribution in [3.05, 3.63) is 17.7 Å². The van der Waals surface area contributed by atoms with Gasteiger partial charge in [0.25, 0.3) is 0 Å².